The molecular formula is C23H28N5OS+. The largest absolute Gasteiger partial charge is 0.493 e. The molecule has 3 aromatic rings. The fraction of sp³-hybridized carbons (Fsp3) is 0.348. The van der Waals surface area contributed by atoms with Gasteiger partial charge in [-0.05, 0) is 63.0 Å². The van der Waals surface area contributed by atoms with Gasteiger partial charge in [-0.3, -0.25) is 4.57 Å². The van der Waals surface area contributed by atoms with Crippen LogP contribution in [0, 0.1) is 6.92 Å². The highest BCUT2D eigenvalue weighted by Crippen LogP contribution is 2.38. The standard InChI is InChI=1S/C23H27N5OS/c1-16-9-3-5-12-19(16)24-23(30)26-25-21-18-11-4-6-13-20(18)28(22(21)29)15-27-14-8-7-10-17(27)2/h3-6,9,11-13,17,29H,7-8,10,14-15H2,1-2H3,(H,24,30)/p+1/t17-/m1/s1. The van der Waals surface area contributed by atoms with E-state index in [1.807, 2.05) is 60.0 Å². The van der Waals surface area contributed by atoms with E-state index in [1.54, 1.807) is 0 Å². The van der Waals surface area contributed by atoms with Gasteiger partial charge in [0.15, 0.2) is 12.4 Å². The average Bonchev–Trinajstić information content (AvgIpc) is 3.01. The van der Waals surface area contributed by atoms with Crippen LogP contribution in [0.15, 0.2) is 58.8 Å². The number of para-hydroxylation sites is 2. The summed E-state index contributed by atoms with van der Waals surface area (Å²) >= 11 is 5.35. The Kier molecular flexibility index (Phi) is 6.11. The Morgan fingerprint density at radius 3 is 2.77 bits per heavy atom. The van der Waals surface area contributed by atoms with E-state index in [1.165, 1.54) is 24.2 Å². The number of likely N-dealkylation sites (tertiary alicyclic amines) is 1. The molecule has 1 aliphatic heterocycles. The monoisotopic (exact) mass is 422 g/mol. The zero-order valence-corrected chi connectivity index (χ0v) is 18.2. The van der Waals surface area contributed by atoms with Crippen LogP contribution in [0.5, 0.6) is 5.88 Å². The van der Waals surface area contributed by atoms with Gasteiger partial charge in [-0.15, -0.1) is 10.2 Å². The van der Waals surface area contributed by atoms with Gasteiger partial charge in [-0.25, -0.2) is 0 Å². The van der Waals surface area contributed by atoms with E-state index in [4.69, 9.17) is 12.2 Å². The minimum absolute atomic E-state index is 0.143. The van der Waals surface area contributed by atoms with Gasteiger partial charge in [0.2, 0.25) is 11.0 Å². The van der Waals surface area contributed by atoms with Crippen LogP contribution in [0.2, 0.25) is 0 Å². The quantitative estimate of drug-likeness (QED) is 0.427. The van der Waals surface area contributed by atoms with Crippen molar-refractivity contribution in [2.24, 2.45) is 10.2 Å². The third-order valence-corrected chi connectivity index (χ3v) is 6.17. The molecule has 0 radical (unpaired) electrons. The van der Waals surface area contributed by atoms with Crippen LogP contribution in [-0.4, -0.2) is 27.4 Å². The second-order valence-electron chi connectivity index (χ2n) is 8.03. The molecule has 6 nitrogen and oxygen atoms in total. The van der Waals surface area contributed by atoms with Crippen molar-refractivity contribution in [1.82, 2.24) is 4.57 Å². The lowest BCUT2D eigenvalue weighted by molar-refractivity contribution is -0.950. The molecule has 1 aliphatic rings. The van der Waals surface area contributed by atoms with Crippen LogP contribution < -0.4 is 10.2 Å². The second-order valence-corrected chi connectivity index (χ2v) is 8.41. The number of hydrogen-bond donors (Lipinski definition) is 3. The summed E-state index contributed by atoms with van der Waals surface area (Å²) in [5.74, 6) is 0.143. The van der Waals surface area contributed by atoms with E-state index >= 15 is 0 Å². The Balaban J connectivity index is 1.61. The Morgan fingerprint density at radius 2 is 1.97 bits per heavy atom. The van der Waals surface area contributed by atoms with Gasteiger partial charge in [-0.1, -0.05) is 36.4 Å². The van der Waals surface area contributed by atoms with Gasteiger partial charge >= 0.3 is 0 Å². The molecule has 0 saturated carbocycles. The van der Waals surface area contributed by atoms with Crippen LogP contribution in [0.1, 0.15) is 31.7 Å². The number of nitrogens with zero attached hydrogens (tertiary/aromatic N) is 3. The fourth-order valence-electron chi connectivity index (χ4n) is 4.17. The molecule has 0 bridgehead atoms. The Hall–Kier alpha value is -2.77. The Bertz CT molecular complexity index is 1090. The van der Waals surface area contributed by atoms with E-state index in [2.05, 4.69) is 22.5 Å². The molecule has 1 fully saturated rings. The van der Waals surface area contributed by atoms with Gasteiger partial charge in [0.05, 0.1) is 18.1 Å². The minimum atomic E-state index is 0.143. The maximum absolute atomic E-state index is 11.0. The zero-order valence-electron chi connectivity index (χ0n) is 17.4. The van der Waals surface area contributed by atoms with Crippen LogP contribution in [0.4, 0.5) is 11.4 Å². The van der Waals surface area contributed by atoms with E-state index in [-0.39, 0.29) is 11.0 Å². The van der Waals surface area contributed by atoms with Crippen LogP contribution in [0.3, 0.4) is 0 Å². The lowest BCUT2D eigenvalue weighted by atomic mass is 10.0. The Labute approximate surface area is 182 Å². The van der Waals surface area contributed by atoms with E-state index in [9.17, 15) is 5.11 Å². The molecule has 1 aromatic heterocycles. The molecule has 30 heavy (non-hydrogen) atoms. The number of aromatic hydroxyl groups is 1. The molecule has 2 atom stereocenters. The smallest absolute Gasteiger partial charge is 0.225 e. The molecular weight excluding hydrogens is 394 g/mol. The highest BCUT2D eigenvalue weighted by atomic mass is 32.1. The molecule has 2 heterocycles. The number of thiocarbonyl (C=S) groups is 1. The maximum atomic E-state index is 11.0. The van der Waals surface area contributed by atoms with Gasteiger partial charge < -0.3 is 15.3 Å². The number of azo groups is 1. The average molecular weight is 423 g/mol. The van der Waals surface area contributed by atoms with Crippen molar-refractivity contribution in [2.75, 3.05) is 11.9 Å². The first-order valence-electron chi connectivity index (χ1n) is 10.5. The van der Waals surface area contributed by atoms with Crippen molar-refractivity contribution < 1.29 is 10.0 Å². The van der Waals surface area contributed by atoms with Gasteiger partial charge in [0.1, 0.15) is 0 Å². The number of nitrogens with one attached hydrogen (secondary N) is 2. The van der Waals surface area contributed by atoms with Crippen molar-refractivity contribution in [3.63, 3.8) is 0 Å². The summed E-state index contributed by atoms with van der Waals surface area (Å²) in [4.78, 5) is 1.48. The summed E-state index contributed by atoms with van der Waals surface area (Å²) in [5.41, 5.74) is 3.40. The SMILES string of the molecule is Cc1ccccc1NC(=S)N=Nc1c(O)n(C[NH+]2CCCC[C@H]2C)c2ccccc12. The van der Waals surface area contributed by atoms with Crippen molar-refractivity contribution in [1.29, 1.82) is 0 Å². The molecule has 7 heteroatoms. The van der Waals surface area contributed by atoms with Crippen molar-refractivity contribution in [2.45, 2.75) is 45.8 Å². The fourth-order valence-corrected chi connectivity index (χ4v) is 4.32. The second kappa shape index (κ2) is 8.93. The normalized spacial score (nSPS) is 19.4. The molecule has 0 amide bonds. The van der Waals surface area contributed by atoms with Crippen molar-refractivity contribution in [3.05, 3.63) is 54.1 Å². The van der Waals surface area contributed by atoms with Crippen molar-refractivity contribution in [3.8, 4) is 5.88 Å². The predicted molar refractivity (Wildman–Crippen MR) is 125 cm³/mol. The summed E-state index contributed by atoms with van der Waals surface area (Å²) in [6.07, 6.45) is 3.74. The van der Waals surface area contributed by atoms with Gasteiger partial charge in [0.25, 0.3) is 0 Å². The lowest BCUT2D eigenvalue weighted by Crippen LogP contribution is -3.15. The molecule has 1 saturated heterocycles. The summed E-state index contributed by atoms with van der Waals surface area (Å²) in [6.45, 7) is 6.13. The summed E-state index contributed by atoms with van der Waals surface area (Å²) in [7, 11) is 0. The number of piperidine rings is 1. The third kappa shape index (κ3) is 4.22. The summed E-state index contributed by atoms with van der Waals surface area (Å²) < 4.78 is 1.96. The van der Waals surface area contributed by atoms with Crippen molar-refractivity contribution >= 4 is 39.6 Å². The van der Waals surface area contributed by atoms with Gasteiger partial charge in [-0.2, -0.15) is 0 Å². The molecule has 4 rings (SSSR count). The molecule has 0 aliphatic carbocycles. The molecule has 3 N–H and O–H groups in total. The Morgan fingerprint density at radius 1 is 1.20 bits per heavy atom. The number of aryl methyl sites for hydroxylation is 1. The number of aromatic nitrogens is 1. The minimum Gasteiger partial charge on any atom is -0.493 e. The number of hydrogen-bond acceptors (Lipinski definition) is 3. The number of benzene rings is 2. The number of quaternary nitrogens is 1. The number of anilines is 1. The maximum Gasteiger partial charge on any atom is 0.225 e. The predicted octanol–water partition coefficient (Wildman–Crippen LogP) is 4.55. The molecule has 1 unspecified atom stereocenters. The third-order valence-electron chi connectivity index (χ3n) is 5.99. The highest BCUT2D eigenvalue weighted by molar-refractivity contribution is 7.80. The van der Waals surface area contributed by atoms with Gasteiger partial charge in [0, 0.05) is 11.1 Å². The molecule has 2 aromatic carbocycles. The lowest BCUT2D eigenvalue weighted by Gasteiger charge is -2.30. The number of rotatable bonds is 4. The van der Waals surface area contributed by atoms with E-state index in [0.717, 1.165) is 35.4 Å². The van der Waals surface area contributed by atoms with E-state index < -0.39 is 0 Å². The molecule has 0 spiro atoms. The van der Waals surface area contributed by atoms with E-state index in [0.29, 0.717) is 11.7 Å². The first-order valence-corrected chi connectivity index (χ1v) is 10.9. The van der Waals surface area contributed by atoms with Crippen LogP contribution >= 0.6 is 12.2 Å². The van der Waals surface area contributed by atoms with Crippen LogP contribution in [-0.2, 0) is 6.67 Å². The summed E-state index contributed by atoms with van der Waals surface area (Å²) in [5, 5.41) is 23.8. The summed E-state index contributed by atoms with van der Waals surface area (Å²) in [6, 6.07) is 16.4. The highest BCUT2D eigenvalue weighted by Gasteiger charge is 2.25. The first kappa shape index (κ1) is 20.5. The molecule has 156 valence electrons. The number of fused-ring (bicyclic) bond motifs is 1. The topological polar surface area (TPSA) is 66.4 Å². The first-order chi connectivity index (χ1) is 14.5. The van der Waals surface area contributed by atoms with Crippen LogP contribution in [0.25, 0.3) is 10.9 Å². The zero-order chi connectivity index (χ0) is 21.1.